The van der Waals surface area contributed by atoms with E-state index in [-0.39, 0.29) is 11.3 Å². The molecule has 0 spiro atoms. The fourth-order valence-corrected chi connectivity index (χ4v) is 3.59. The maximum absolute atomic E-state index is 11.8. The van der Waals surface area contributed by atoms with Gasteiger partial charge < -0.3 is 5.11 Å². The van der Waals surface area contributed by atoms with Gasteiger partial charge in [-0.15, -0.1) is 0 Å². The number of rotatable bonds is 4. The molecule has 1 N–H and O–H groups in total. The van der Waals surface area contributed by atoms with E-state index >= 15 is 0 Å². The minimum atomic E-state index is -0.640. The molecule has 17 heavy (non-hydrogen) atoms. The third kappa shape index (κ3) is 2.49. The lowest BCUT2D eigenvalue weighted by Gasteiger charge is -2.51. The van der Waals surface area contributed by atoms with E-state index in [1.54, 1.807) is 0 Å². The summed E-state index contributed by atoms with van der Waals surface area (Å²) in [5, 5.41) is 9.72. The second kappa shape index (κ2) is 4.97. The standard InChI is InChI=1S/C14H27NO2/c1-6-15(7-2)14(12(16)17)9-8-13(4,5)10-11(14)3/h11H,6-10H2,1-5H3,(H,16,17). The average molecular weight is 241 g/mol. The van der Waals surface area contributed by atoms with E-state index in [2.05, 4.69) is 39.5 Å². The summed E-state index contributed by atoms with van der Waals surface area (Å²) in [6.45, 7) is 12.3. The minimum absolute atomic E-state index is 0.212. The molecule has 3 heteroatoms. The molecule has 2 unspecified atom stereocenters. The van der Waals surface area contributed by atoms with E-state index in [9.17, 15) is 9.90 Å². The molecule has 3 nitrogen and oxygen atoms in total. The van der Waals surface area contributed by atoms with Gasteiger partial charge in [0.25, 0.3) is 0 Å². The number of hydrogen-bond acceptors (Lipinski definition) is 2. The Hall–Kier alpha value is -0.570. The van der Waals surface area contributed by atoms with Crippen molar-refractivity contribution in [1.29, 1.82) is 0 Å². The van der Waals surface area contributed by atoms with Crippen LogP contribution < -0.4 is 0 Å². The molecule has 1 rings (SSSR count). The molecule has 0 amide bonds. The molecule has 0 saturated heterocycles. The highest BCUT2D eigenvalue weighted by molar-refractivity contribution is 5.79. The Balaban J connectivity index is 3.05. The SMILES string of the molecule is CCN(CC)C1(C(=O)O)CCC(C)(C)CC1C. The van der Waals surface area contributed by atoms with E-state index in [1.807, 2.05) is 0 Å². The molecule has 0 heterocycles. The first-order valence-electron chi connectivity index (χ1n) is 6.78. The van der Waals surface area contributed by atoms with Gasteiger partial charge in [-0.3, -0.25) is 9.69 Å². The van der Waals surface area contributed by atoms with Crippen molar-refractivity contribution in [3.8, 4) is 0 Å². The lowest BCUT2D eigenvalue weighted by atomic mass is 9.63. The van der Waals surface area contributed by atoms with Gasteiger partial charge in [0.2, 0.25) is 0 Å². The van der Waals surface area contributed by atoms with Crippen LogP contribution in [0.5, 0.6) is 0 Å². The van der Waals surface area contributed by atoms with Crippen molar-refractivity contribution in [2.75, 3.05) is 13.1 Å². The normalized spacial score (nSPS) is 32.7. The molecule has 0 aromatic heterocycles. The average Bonchev–Trinajstić information content (AvgIpc) is 2.21. The van der Waals surface area contributed by atoms with Gasteiger partial charge in [-0.25, -0.2) is 0 Å². The Bertz CT molecular complexity index is 284. The summed E-state index contributed by atoms with van der Waals surface area (Å²) in [6, 6.07) is 0. The molecule has 1 aliphatic rings. The van der Waals surface area contributed by atoms with Crippen molar-refractivity contribution in [3.05, 3.63) is 0 Å². The molecule has 0 aliphatic heterocycles. The van der Waals surface area contributed by atoms with E-state index in [4.69, 9.17) is 0 Å². The first-order chi connectivity index (χ1) is 7.80. The van der Waals surface area contributed by atoms with Crippen LogP contribution >= 0.6 is 0 Å². The molecule has 0 aromatic rings. The number of carboxylic acids is 1. The summed E-state index contributed by atoms with van der Waals surface area (Å²) in [5.41, 5.74) is -0.357. The molecule has 0 aromatic carbocycles. The van der Waals surface area contributed by atoms with Crippen molar-refractivity contribution in [2.45, 2.75) is 59.4 Å². The Morgan fingerprint density at radius 1 is 1.29 bits per heavy atom. The summed E-state index contributed by atoms with van der Waals surface area (Å²) >= 11 is 0. The Kier molecular flexibility index (Phi) is 4.23. The van der Waals surface area contributed by atoms with Crippen LogP contribution in [0.3, 0.4) is 0 Å². The molecule has 1 aliphatic carbocycles. The van der Waals surface area contributed by atoms with E-state index in [0.717, 1.165) is 32.4 Å². The highest BCUT2D eigenvalue weighted by Crippen LogP contribution is 2.46. The van der Waals surface area contributed by atoms with Gasteiger partial charge in [-0.1, -0.05) is 34.6 Å². The second-order valence-corrected chi connectivity index (χ2v) is 6.17. The van der Waals surface area contributed by atoms with Crippen LogP contribution in [0.25, 0.3) is 0 Å². The zero-order valence-corrected chi connectivity index (χ0v) is 11.9. The lowest BCUT2D eigenvalue weighted by Crippen LogP contribution is -2.61. The van der Waals surface area contributed by atoms with Crippen LogP contribution in [0.1, 0.15) is 53.9 Å². The van der Waals surface area contributed by atoms with Crippen LogP contribution in [0.15, 0.2) is 0 Å². The second-order valence-electron chi connectivity index (χ2n) is 6.17. The van der Waals surface area contributed by atoms with Gasteiger partial charge in [-0.2, -0.15) is 0 Å². The van der Waals surface area contributed by atoms with Crippen LogP contribution in [0.2, 0.25) is 0 Å². The Morgan fingerprint density at radius 2 is 1.82 bits per heavy atom. The minimum Gasteiger partial charge on any atom is -0.480 e. The van der Waals surface area contributed by atoms with Crippen LogP contribution in [-0.4, -0.2) is 34.6 Å². The number of hydrogen-bond donors (Lipinski definition) is 1. The van der Waals surface area contributed by atoms with Gasteiger partial charge in [0.15, 0.2) is 0 Å². The van der Waals surface area contributed by atoms with Gasteiger partial charge >= 0.3 is 5.97 Å². The number of carbonyl (C=O) groups is 1. The molecule has 2 atom stereocenters. The Labute approximate surface area is 105 Å². The third-order valence-corrected chi connectivity index (χ3v) is 4.56. The monoisotopic (exact) mass is 241 g/mol. The van der Waals surface area contributed by atoms with Crippen molar-refractivity contribution in [2.24, 2.45) is 11.3 Å². The molecular formula is C14H27NO2. The van der Waals surface area contributed by atoms with Crippen molar-refractivity contribution >= 4 is 5.97 Å². The van der Waals surface area contributed by atoms with Gasteiger partial charge in [0.1, 0.15) is 5.54 Å². The van der Waals surface area contributed by atoms with Crippen molar-refractivity contribution < 1.29 is 9.90 Å². The molecular weight excluding hydrogens is 214 g/mol. The summed E-state index contributed by atoms with van der Waals surface area (Å²) in [4.78, 5) is 13.9. The third-order valence-electron chi connectivity index (χ3n) is 4.56. The van der Waals surface area contributed by atoms with E-state index in [1.165, 1.54) is 0 Å². The number of nitrogens with zero attached hydrogens (tertiary/aromatic N) is 1. The highest BCUT2D eigenvalue weighted by atomic mass is 16.4. The number of likely N-dealkylation sites (N-methyl/N-ethyl adjacent to an activating group) is 1. The maximum atomic E-state index is 11.8. The largest absolute Gasteiger partial charge is 0.480 e. The molecule has 0 bridgehead atoms. The highest BCUT2D eigenvalue weighted by Gasteiger charge is 2.52. The maximum Gasteiger partial charge on any atom is 0.324 e. The first-order valence-corrected chi connectivity index (χ1v) is 6.78. The lowest BCUT2D eigenvalue weighted by molar-refractivity contribution is -0.161. The summed E-state index contributed by atoms with van der Waals surface area (Å²) in [6.07, 6.45) is 2.77. The molecule has 100 valence electrons. The summed E-state index contributed by atoms with van der Waals surface area (Å²) < 4.78 is 0. The predicted molar refractivity (Wildman–Crippen MR) is 70.1 cm³/mol. The topological polar surface area (TPSA) is 40.5 Å². The number of aliphatic carboxylic acids is 1. The van der Waals surface area contributed by atoms with Crippen LogP contribution in [0.4, 0.5) is 0 Å². The smallest absolute Gasteiger partial charge is 0.324 e. The van der Waals surface area contributed by atoms with Crippen LogP contribution in [0, 0.1) is 11.3 Å². The molecule has 1 saturated carbocycles. The van der Waals surface area contributed by atoms with Crippen molar-refractivity contribution in [3.63, 3.8) is 0 Å². The van der Waals surface area contributed by atoms with E-state index < -0.39 is 11.5 Å². The fourth-order valence-electron chi connectivity index (χ4n) is 3.59. The number of carboxylic acid groups (broad SMARTS) is 1. The van der Waals surface area contributed by atoms with Gasteiger partial charge in [0.05, 0.1) is 0 Å². The fraction of sp³-hybridized carbons (Fsp3) is 0.929. The van der Waals surface area contributed by atoms with Crippen LogP contribution in [-0.2, 0) is 4.79 Å². The molecule has 1 fully saturated rings. The first kappa shape index (κ1) is 14.5. The zero-order chi connectivity index (χ0) is 13.3. The quantitative estimate of drug-likeness (QED) is 0.822. The zero-order valence-electron chi connectivity index (χ0n) is 11.9. The predicted octanol–water partition coefficient (Wildman–Crippen LogP) is 3.00. The van der Waals surface area contributed by atoms with E-state index in [0.29, 0.717) is 0 Å². The van der Waals surface area contributed by atoms with Gasteiger partial charge in [0, 0.05) is 0 Å². The summed E-state index contributed by atoms with van der Waals surface area (Å²) in [7, 11) is 0. The van der Waals surface area contributed by atoms with Gasteiger partial charge in [-0.05, 0) is 43.7 Å². The summed E-state index contributed by atoms with van der Waals surface area (Å²) in [5.74, 6) is -0.423. The Morgan fingerprint density at radius 3 is 2.18 bits per heavy atom. The van der Waals surface area contributed by atoms with Crippen molar-refractivity contribution in [1.82, 2.24) is 4.90 Å². The molecule has 0 radical (unpaired) electrons.